The van der Waals surface area contributed by atoms with E-state index in [1.807, 2.05) is 32.2 Å². The second kappa shape index (κ2) is 6.02. The second-order valence-electron chi connectivity index (χ2n) is 5.61. The lowest BCUT2D eigenvalue weighted by molar-refractivity contribution is -0.128. The minimum Gasteiger partial charge on any atom is -0.370 e. The van der Waals surface area contributed by atoms with E-state index in [4.69, 9.17) is 11.6 Å². The van der Waals surface area contributed by atoms with Crippen LogP contribution in [0.2, 0.25) is 5.02 Å². The molecule has 0 saturated carbocycles. The van der Waals surface area contributed by atoms with Crippen molar-refractivity contribution < 1.29 is 4.79 Å². The lowest BCUT2D eigenvalue weighted by Gasteiger charge is -2.25. The van der Waals surface area contributed by atoms with Gasteiger partial charge in [0, 0.05) is 37.4 Å². The molecule has 0 aliphatic carbocycles. The average Bonchev–Trinajstić information content (AvgIpc) is 2.84. The number of carbonyl (C=O) groups is 1. The molecule has 110 valence electrons. The highest BCUT2D eigenvalue weighted by Gasteiger charge is 2.40. The summed E-state index contributed by atoms with van der Waals surface area (Å²) >= 11 is 6.13. The molecule has 1 aliphatic heterocycles. The van der Waals surface area contributed by atoms with Crippen molar-refractivity contribution in [3.05, 3.63) is 28.8 Å². The molecule has 1 amide bonds. The monoisotopic (exact) mass is 295 g/mol. The maximum atomic E-state index is 12.0. The molecule has 1 atom stereocenters. The van der Waals surface area contributed by atoms with E-state index in [0.717, 1.165) is 36.8 Å². The molecule has 0 aromatic heterocycles. The zero-order valence-corrected chi connectivity index (χ0v) is 13.0. The van der Waals surface area contributed by atoms with E-state index < -0.39 is 0 Å². The predicted molar refractivity (Wildman–Crippen MR) is 83.2 cm³/mol. The van der Waals surface area contributed by atoms with E-state index in [-0.39, 0.29) is 11.3 Å². The Morgan fingerprint density at radius 3 is 2.85 bits per heavy atom. The van der Waals surface area contributed by atoms with Gasteiger partial charge in [-0.25, -0.2) is 0 Å². The molecule has 5 heteroatoms. The highest BCUT2D eigenvalue weighted by molar-refractivity contribution is 6.30. The van der Waals surface area contributed by atoms with Crippen molar-refractivity contribution in [2.24, 2.45) is 5.41 Å². The van der Waals surface area contributed by atoms with Gasteiger partial charge >= 0.3 is 0 Å². The van der Waals surface area contributed by atoms with Crippen LogP contribution in [0.25, 0.3) is 0 Å². The van der Waals surface area contributed by atoms with E-state index in [2.05, 4.69) is 15.5 Å². The van der Waals surface area contributed by atoms with Crippen LogP contribution in [-0.2, 0) is 11.3 Å². The number of halogens is 1. The van der Waals surface area contributed by atoms with Gasteiger partial charge < -0.3 is 15.5 Å². The smallest absolute Gasteiger partial charge is 0.227 e. The quantitative estimate of drug-likeness (QED) is 0.893. The lowest BCUT2D eigenvalue weighted by Crippen LogP contribution is -2.39. The van der Waals surface area contributed by atoms with Gasteiger partial charge in [-0.15, -0.1) is 0 Å². The van der Waals surface area contributed by atoms with E-state index in [1.54, 1.807) is 7.05 Å². The molecule has 2 rings (SSSR count). The van der Waals surface area contributed by atoms with Crippen LogP contribution in [0, 0.1) is 5.41 Å². The Bertz CT molecular complexity index is 506. The van der Waals surface area contributed by atoms with Gasteiger partial charge in [0.25, 0.3) is 0 Å². The molecular weight excluding hydrogens is 274 g/mol. The zero-order valence-electron chi connectivity index (χ0n) is 12.3. The molecular formula is C15H22ClN3O. The summed E-state index contributed by atoms with van der Waals surface area (Å²) in [6, 6.07) is 5.94. The van der Waals surface area contributed by atoms with Crippen LogP contribution in [-0.4, -0.2) is 33.1 Å². The maximum Gasteiger partial charge on any atom is 0.227 e. The maximum absolute atomic E-state index is 12.0. The van der Waals surface area contributed by atoms with E-state index >= 15 is 0 Å². The van der Waals surface area contributed by atoms with Crippen LogP contribution in [0.1, 0.15) is 18.9 Å². The molecule has 1 unspecified atom stereocenters. The van der Waals surface area contributed by atoms with E-state index in [9.17, 15) is 4.79 Å². The third-order valence-corrected chi connectivity index (χ3v) is 4.24. The molecule has 2 N–H and O–H groups in total. The van der Waals surface area contributed by atoms with Crippen molar-refractivity contribution in [2.45, 2.75) is 19.9 Å². The zero-order chi connectivity index (χ0) is 14.8. The van der Waals surface area contributed by atoms with Gasteiger partial charge in [0.2, 0.25) is 5.91 Å². The number of nitrogens with one attached hydrogen (secondary N) is 2. The van der Waals surface area contributed by atoms with Crippen LogP contribution in [0.4, 0.5) is 5.69 Å². The van der Waals surface area contributed by atoms with Gasteiger partial charge in [-0.1, -0.05) is 17.7 Å². The Morgan fingerprint density at radius 1 is 1.45 bits per heavy atom. The second-order valence-corrected chi connectivity index (χ2v) is 6.05. The molecule has 1 fully saturated rings. The average molecular weight is 296 g/mol. The molecule has 20 heavy (non-hydrogen) atoms. The molecule has 4 nitrogen and oxygen atoms in total. The standard InChI is InChI=1S/C15H22ClN3O/c1-15(14(20)18-3)6-7-19(10-15)13-8-12(16)5-4-11(13)9-17-2/h4-5,8,17H,6-7,9-10H2,1-3H3,(H,18,20). The summed E-state index contributed by atoms with van der Waals surface area (Å²) in [5.74, 6) is 0.109. The SMILES string of the molecule is CNCc1ccc(Cl)cc1N1CCC(C)(C(=O)NC)C1. The fourth-order valence-electron chi connectivity index (χ4n) is 2.83. The highest BCUT2D eigenvalue weighted by Crippen LogP contribution is 2.36. The number of carbonyl (C=O) groups excluding carboxylic acids is 1. The summed E-state index contributed by atoms with van der Waals surface area (Å²) in [4.78, 5) is 14.3. The largest absolute Gasteiger partial charge is 0.370 e. The lowest BCUT2D eigenvalue weighted by atomic mass is 9.89. The number of rotatable bonds is 4. The number of anilines is 1. The minimum atomic E-state index is -0.325. The Hall–Kier alpha value is -1.26. The fourth-order valence-corrected chi connectivity index (χ4v) is 2.99. The van der Waals surface area contributed by atoms with Crippen LogP contribution in [0.5, 0.6) is 0 Å². The van der Waals surface area contributed by atoms with E-state index in [1.165, 1.54) is 5.56 Å². The van der Waals surface area contributed by atoms with Gasteiger partial charge in [0.1, 0.15) is 0 Å². The third kappa shape index (κ3) is 2.91. The number of hydrogen-bond acceptors (Lipinski definition) is 3. The molecule has 0 radical (unpaired) electrons. The van der Waals surface area contributed by atoms with Gasteiger partial charge in [-0.05, 0) is 38.1 Å². The fraction of sp³-hybridized carbons (Fsp3) is 0.533. The van der Waals surface area contributed by atoms with Crippen LogP contribution < -0.4 is 15.5 Å². The van der Waals surface area contributed by atoms with Gasteiger partial charge in [0.15, 0.2) is 0 Å². The summed E-state index contributed by atoms with van der Waals surface area (Å²) in [5.41, 5.74) is 2.01. The number of hydrogen-bond donors (Lipinski definition) is 2. The van der Waals surface area contributed by atoms with Gasteiger partial charge in [-0.3, -0.25) is 4.79 Å². The van der Waals surface area contributed by atoms with E-state index in [0.29, 0.717) is 0 Å². The molecule has 1 heterocycles. The first-order chi connectivity index (χ1) is 9.50. The summed E-state index contributed by atoms with van der Waals surface area (Å²) < 4.78 is 0. The molecule has 1 aliphatic rings. The summed E-state index contributed by atoms with van der Waals surface area (Å²) in [6.45, 7) is 4.42. The van der Waals surface area contributed by atoms with Crippen molar-refractivity contribution in [1.82, 2.24) is 10.6 Å². The summed E-state index contributed by atoms with van der Waals surface area (Å²) in [6.07, 6.45) is 0.859. The Balaban J connectivity index is 2.25. The van der Waals surface area contributed by atoms with Crippen LogP contribution in [0.3, 0.4) is 0 Å². The normalized spacial score (nSPS) is 22.1. The Morgan fingerprint density at radius 2 is 2.20 bits per heavy atom. The number of amides is 1. The first kappa shape index (κ1) is 15.1. The van der Waals surface area contributed by atoms with Gasteiger partial charge in [0.05, 0.1) is 5.41 Å². The Labute approximate surface area is 125 Å². The molecule has 0 bridgehead atoms. The molecule has 1 aromatic carbocycles. The van der Waals surface area contributed by atoms with Crippen LogP contribution >= 0.6 is 11.6 Å². The van der Waals surface area contributed by atoms with Crippen molar-refractivity contribution in [2.75, 3.05) is 32.1 Å². The first-order valence-corrected chi connectivity index (χ1v) is 7.28. The van der Waals surface area contributed by atoms with Crippen LogP contribution in [0.15, 0.2) is 18.2 Å². The molecule has 0 spiro atoms. The van der Waals surface area contributed by atoms with Crippen molar-refractivity contribution in [1.29, 1.82) is 0 Å². The highest BCUT2D eigenvalue weighted by atomic mass is 35.5. The number of benzene rings is 1. The molecule has 1 saturated heterocycles. The number of nitrogens with zero attached hydrogens (tertiary/aromatic N) is 1. The Kier molecular flexibility index (Phi) is 4.55. The first-order valence-electron chi connectivity index (χ1n) is 6.90. The molecule has 1 aromatic rings. The predicted octanol–water partition coefficient (Wildman–Crippen LogP) is 2.02. The van der Waals surface area contributed by atoms with Crippen molar-refractivity contribution in [3.8, 4) is 0 Å². The van der Waals surface area contributed by atoms with Crippen molar-refractivity contribution in [3.63, 3.8) is 0 Å². The topological polar surface area (TPSA) is 44.4 Å². The summed E-state index contributed by atoms with van der Waals surface area (Å²) in [5, 5.41) is 6.67. The third-order valence-electron chi connectivity index (χ3n) is 4.00. The summed E-state index contributed by atoms with van der Waals surface area (Å²) in [7, 11) is 3.62. The van der Waals surface area contributed by atoms with Crippen molar-refractivity contribution >= 4 is 23.2 Å². The van der Waals surface area contributed by atoms with Gasteiger partial charge in [-0.2, -0.15) is 0 Å². The minimum absolute atomic E-state index is 0.109.